The summed E-state index contributed by atoms with van der Waals surface area (Å²) in [5.74, 6) is 0.134. The summed E-state index contributed by atoms with van der Waals surface area (Å²) in [4.78, 5) is 30.8. The van der Waals surface area contributed by atoms with Gasteiger partial charge in [0, 0.05) is 45.6 Å². The number of anilines is 1. The number of pyridine rings is 1. The van der Waals surface area contributed by atoms with Gasteiger partial charge in [0.1, 0.15) is 5.82 Å². The highest BCUT2D eigenvalue weighted by molar-refractivity contribution is 6.30. The van der Waals surface area contributed by atoms with Crippen LogP contribution < -0.4 is 10.6 Å². The van der Waals surface area contributed by atoms with E-state index in [2.05, 4.69) is 22.5 Å². The lowest BCUT2D eigenvalue weighted by atomic mass is 9.73. The minimum Gasteiger partial charge on any atom is -0.362 e. The summed E-state index contributed by atoms with van der Waals surface area (Å²) in [5, 5.41) is 6.87. The van der Waals surface area contributed by atoms with Crippen LogP contribution in [-0.2, 0) is 9.59 Å². The number of Topliss-reactive ketones (excluding diaryl/α,β-unsaturated/α-hetero) is 1. The van der Waals surface area contributed by atoms with Crippen molar-refractivity contribution in [1.29, 1.82) is 0 Å². The van der Waals surface area contributed by atoms with Crippen LogP contribution in [0, 0.1) is 12.8 Å². The van der Waals surface area contributed by atoms with Crippen molar-refractivity contribution >= 4 is 29.1 Å². The number of carbonyl (C=O) groups excluding carboxylic acids is 2. The minimum absolute atomic E-state index is 0.0858. The summed E-state index contributed by atoms with van der Waals surface area (Å²) in [5.41, 5.74) is 4.57. The number of amides is 1. The summed E-state index contributed by atoms with van der Waals surface area (Å²) < 4.78 is 0. The molecule has 2 N–H and O–H groups in total. The number of rotatable bonds is 3. The van der Waals surface area contributed by atoms with E-state index in [1.165, 1.54) is 0 Å². The van der Waals surface area contributed by atoms with Gasteiger partial charge in [-0.3, -0.25) is 9.59 Å². The summed E-state index contributed by atoms with van der Waals surface area (Å²) in [7, 11) is 0. The standard InChI is InChI=1S/C24H24ClN3O2/c1-13-11-18-23(19(29)12-13)22(16-7-9-17(25)10-8-16)21(15(3)27-18)24(30)28-20-6-4-5-14(2)26-20/h4-10,13,22,27H,11-12H2,1-3H3,(H,26,28,30)/t13-,22+/m1/s1. The van der Waals surface area contributed by atoms with Crippen LogP contribution in [0.25, 0.3) is 0 Å². The van der Waals surface area contributed by atoms with Crippen LogP contribution in [0.5, 0.6) is 0 Å². The third kappa shape index (κ3) is 3.90. The highest BCUT2D eigenvalue weighted by Crippen LogP contribution is 2.43. The zero-order valence-corrected chi connectivity index (χ0v) is 18.0. The number of benzene rings is 1. The maximum Gasteiger partial charge on any atom is 0.255 e. The number of nitrogens with one attached hydrogen (secondary N) is 2. The smallest absolute Gasteiger partial charge is 0.255 e. The number of hydrogen-bond acceptors (Lipinski definition) is 4. The number of carbonyl (C=O) groups is 2. The largest absolute Gasteiger partial charge is 0.362 e. The highest BCUT2D eigenvalue weighted by atomic mass is 35.5. The van der Waals surface area contributed by atoms with Crippen LogP contribution in [0.4, 0.5) is 5.82 Å². The molecule has 2 aliphatic rings. The van der Waals surface area contributed by atoms with Crippen LogP contribution in [-0.4, -0.2) is 16.7 Å². The van der Waals surface area contributed by atoms with Crippen molar-refractivity contribution in [3.05, 3.63) is 81.3 Å². The van der Waals surface area contributed by atoms with E-state index < -0.39 is 5.92 Å². The van der Waals surface area contributed by atoms with Gasteiger partial charge < -0.3 is 10.6 Å². The van der Waals surface area contributed by atoms with Crippen molar-refractivity contribution in [3.63, 3.8) is 0 Å². The van der Waals surface area contributed by atoms with Gasteiger partial charge in [0.25, 0.3) is 5.91 Å². The molecule has 2 heterocycles. The third-order valence-electron chi connectivity index (χ3n) is 5.61. The Kier molecular flexibility index (Phi) is 5.48. The van der Waals surface area contributed by atoms with E-state index in [1.54, 1.807) is 18.2 Å². The van der Waals surface area contributed by atoms with Crippen molar-refractivity contribution in [1.82, 2.24) is 10.3 Å². The number of aryl methyl sites for hydroxylation is 1. The van der Waals surface area contributed by atoms with E-state index in [0.717, 1.165) is 29.1 Å². The zero-order chi connectivity index (χ0) is 21.4. The first-order valence-electron chi connectivity index (χ1n) is 10.1. The highest BCUT2D eigenvalue weighted by Gasteiger charge is 2.39. The molecule has 6 heteroatoms. The Labute approximate surface area is 181 Å². The topological polar surface area (TPSA) is 71.1 Å². The van der Waals surface area contributed by atoms with E-state index >= 15 is 0 Å². The average Bonchev–Trinajstić information content (AvgIpc) is 2.67. The second-order valence-electron chi connectivity index (χ2n) is 8.10. The molecule has 0 saturated heterocycles. The third-order valence-corrected chi connectivity index (χ3v) is 5.86. The Morgan fingerprint density at radius 1 is 1.13 bits per heavy atom. The minimum atomic E-state index is -0.441. The van der Waals surface area contributed by atoms with Gasteiger partial charge in [-0.2, -0.15) is 0 Å². The molecule has 5 nitrogen and oxygen atoms in total. The fraction of sp³-hybridized carbons (Fsp3) is 0.292. The van der Waals surface area contributed by atoms with E-state index in [4.69, 9.17) is 11.6 Å². The van der Waals surface area contributed by atoms with Gasteiger partial charge >= 0.3 is 0 Å². The Morgan fingerprint density at radius 3 is 2.57 bits per heavy atom. The van der Waals surface area contributed by atoms with Crippen LogP contribution in [0.3, 0.4) is 0 Å². The molecule has 1 amide bonds. The average molecular weight is 422 g/mol. The molecule has 1 aliphatic heterocycles. The number of hydrogen-bond donors (Lipinski definition) is 2. The van der Waals surface area contributed by atoms with Crippen LogP contribution >= 0.6 is 11.6 Å². The molecule has 0 spiro atoms. The lowest BCUT2D eigenvalue weighted by molar-refractivity contribution is -0.117. The van der Waals surface area contributed by atoms with E-state index in [0.29, 0.717) is 28.4 Å². The first kappa shape index (κ1) is 20.4. The van der Waals surface area contributed by atoms with Crippen LogP contribution in [0.15, 0.2) is 65.0 Å². The Balaban J connectivity index is 1.79. The van der Waals surface area contributed by atoms with Crippen molar-refractivity contribution in [2.75, 3.05) is 5.32 Å². The summed E-state index contributed by atoms with van der Waals surface area (Å²) in [6.45, 7) is 5.83. The molecule has 154 valence electrons. The molecular weight excluding hydrogens is 398 g/mol. The SMILES string of the molecule is CC1=C(C(=O)Nc2cccc(C)n2)[C@H](c2ccc(Cl)cc2)C2=C(C[C@@H](C)CC2=O)N1. The van der Waals surface area contributed by atoms with Gasteiger partial charge in [0.2, 0.25) is 0 Å². The molecule has 0 bridgehead atoms. The molecule has 1 aromatic carbocycles. The van der Waals surface area contributed by atoms with Gasteiger partial charge in [-0.15, -0.1) is 0 Å². The van der Waals surface area contributed by atoms with Crippen molar-refractivity contribution < 1.29 is 9.59 Å². The molecule has 1 aliphatic carbocycles. The fourth-order valence-corrected chi connectivity index (χ4v) is 4.45. The number of allylic oxidation sites excluding steroid dienone is 3. The quantitative estimate of drug-likeness (QED) is 0.739. The van der Waals surface area contributed by atoms with E-state index in [9.17, 15) is 9.59 Å². The Hall–Kier alpha value is -2.92. The monoisotopic (exact) mass is 421 g/mol. The van der Waals surface area contributed by atoms with Crippen LogP contribution in [0.2, 0.25) is 5.02 Å². The van der Waals surface area contributed by atoms with Gasteiger partial charge in [0.15, 0.2) is 5.78 Å². The van der Waals surface area contributed by atoms with E-state index in [1.807, 2.05) is 38.1 Å². The second-order valence-corrected chi connectivity index (χ2v) is 8.53. The molecule has 0 radical (unpaired) electrons. The first-order chi connectivity index (χ1) is 14.3. The summed E-state index contributed by atoms with van der Waals surface area (Å²) >= 11 is 6.09. The molecule has 2 atom stereocenters. The number of aromatic nitrogens is 1. The van der Waals surface area contributed by atoms with E-state index in [-0.39, 0.29) is 17.6 Å². The lowest BCUT2D eigenvalue weighted by Gasteiger charge is -2.36. The maximum atomic E-state index is 13.4. The number of dihydropyridines is 1. The molecule has 0 saturated carbocycles. The lowest BCUT2D eigenvalue weighted by Crippen LogP contribution is -2.37. The molecular formula is C24H24ClN3O2. The Bertz CT molecular complexity index is 1090. The van der Waals surface area contributed by atoms with Gasteiger partial charge in [0.05, 0.1) is 0 Å². The van der Waals surface area contributed by atoms with Crippen molar-refractivity contribution in [2.24, 2.45) is 5.92 Å². The van der Waals surface area contributed by atoms with Gasteiger partial charge in [-0.05, 0) is 56.0 Å². The van der Waals surface area contributed by atoms with Gasteiger partial charge in [-0.1, -0.05) is 36.7 Å². The Morgan fingerprint density at radius 2 is 1.87 bits per heavy atom. The molecule has 30 heavy (non-hydrogen) atoms. The van der Waals surface area contributed by atoms with Gasteiger partial charge in [-0.25, -0.2) is 4.98 Å². The second kappa shape index (κ2) is 8.07. The first-order valence-corrected chi connectivity index (χ1v) is 10.5. The predicted octanol–water partition coefficient (Wildman–Crippen LogP) is 4.90. The fourth-order valence-electron chi connectivity index (χ4n) is 4.32. The number of ketones is 1. The van der Waals surface area contributed by atoms with Crippen LogP contribution in [0.1, 0.15) is 43.9 Å². The summed E-state index contributed by atoms with van der Waals surface area (Å²) in [6.07, 6.45) is 1.27. The molecule has 4 rings (SSSR count). The maximum absolute atomic E-state index is 13.4. The zero-order valence-electron chi connectivity index (χ0n) is 17.3. The number of nitrogens with zero attached hydrogens (tertiary/aromatic N) is 1. The normalized spacial score (nSPS) is 21.3. The van der Waals surface area contributed by atoms with Crippen molar-refractivity contribution in [3.8, 4) is 0 Å². The molecule has 1 aromatic heterocycles. The van der Waals surface area contributed by atoms with Crippen molar-refractivity contribution in [2.45, 2.75) is 39.5 Å². The predicted molar refractivity (Wildman–Crippen MR) is 118 cm³/mol. The number of halogens is 1. The molecule has 0 fully saturated rings. The molecule has 0 unspecified atom stereocenters. The summed E-state index contributed by atoms with van der Waals surface area (Å²) in [6, 6.07) is 12.8. The molecule has 2 aromatic rings.